The highest BCUT2D eigenvalue weighted by Crippen LogP contribution is 2.29. The third-order valence-corrected chi connectivity index (χ3v) is 3.38. The van der Waals surface area contributed by atoms with E-state index in [0.29, 0.717) is 0 Å². The van der Waals surface area contributed by atoms with Gasteiger partial charge in [0.05, 0.1) is 11.9 Å². The number of nitrogens with zero attached hydrogens (tertiary/aromatic N) is 2. The lowest BCUT2D eigenvalue weighted by Crippen LogP contribution is -2.29. The SMILES string of the molecule is Cc1ccc(C=Nc2ccccc2O[Si](C)(C)C)nc1. The molecule has 0 N–H and O–H groups in total. The molecular formula is C16H20N2OSi. The van der Waals surface area contributed by atoms with Crippen LogP contribution >= 0.6 is 0 Å². The van der Waals surface area contributed by atoms with Crippen molar-refractivity contribution < 1.29 is 4.43 Å². The molecule has 4 heteroatoms. The lowest BCUT2D eigenvalue weighted by molar-refractivity contribution is 0.559. The molecule has 0 saturated heterocycles. The van der Waals surface area contributed by atoms with Crippen molar-refractivity contribution in [3.05, 3.63) is 53.9 Å². The van der Waals surface area contributed by atoms with Crippen molar-refractivity contribution in [2.45, 2.75) is 26.6 Å². The van der Waals surface area contributed by atoms with Gasteiger partial charge in [-0.15, -0.1) is 0 Å². The second-order valence-electron chi connectivity index (χ2n) is 5.70. The van der Waals surface area contributed by atoms with Gasteiger partial charge in [0.2, 0.25) is 8.32 Å². The second kappa shape index (κ2) is 6.01. The maximum Gasteiger partial charge on any atom is 0.242 e. The molecule has 2 aromatic rings. The monoisotopic (exact) mass is 284 g/mol. The highest BCUT2D eigenvalue weighted by atomic mass is 28.4. The Balaban J connectivity index is 2.22. The van der Waals surface area contributed by atoms with Gasteiger partial charge in [-0.3, -0.25) is 9.98 Å². The van der Waals surface area contributed by atoms with Crippen molar-refractivity contribution in [3.8, 4) is 5.75 Å². The summed E-state index contributed by atoms with van der Waals surface area (Å²) in [7, 11) is -1.63. The summed E-state index contributed by atoms with van der Waals surface area (Å²) in [6, 6.07) is 11.8. The van der Waals surface area contributed by atoms with Crippen LogP contribution in [0, 0.1) is 6.92 Å². The van der Waals surface area contributed by atoms with Crippen LogP contribution in [0.4, 0.5) is 5.69 Å². The summed E-state index contributed by atoms with van der Waals surface area (Å²) in [6.07, 6.45) is 3.61. The van der Waals surface area contributed by atoms with E-state index in [1.165, 1.54) is 0 Å². The largest absolute Gasteiger partial charge is 0.543 e. The molecule has 1 aromatic heterocycles. The van der Waals surface area contributed by atoms with Gasteiger partial charge in [0.15, 0.2) is 0 Å². The number of rotatable bonds is 4. The molecule has 0 unspecified atom stereocenters. The van der Waals surface area contributed by atoms with Crippen LogP contribution in [0.15, 0.2) is 47.6 Å². The van der Waals surface area contributed by atoms with Gasteiger partial charge in [0, 0.05) is 6.20 Å². The first-order valence-corrected chi connectivity index (χ1v) is 10.1. The molecule has 20 heavy (non-hydrogen) atoms. The number of aryl methyl sites for hydroxylation is 1. The number of hydrogen-bond acceptors (Lipinski definition) is 3. The Labute approximate surface area is 121 Å². The fourth-order valence-corrected chi connectivity index (χ4v) is 2.50. The summed E-state index contributed by atoms with van der Waals surface area (Å²) in [5, 5.41) is 0. The van der Waals surface area contributed by atoms with Crippen LogP contribution in [0.5, 0.6) is 5.75 Å². The van der Waals surface area contributed by atoms with Crippen LogP contribution in [-0.2, 0) is 0 Å². The predicted octanol–water partition coefficient (Wildman–Crippen LogP) is 4.35. The van der Waals surface area contributed by atoms with Gasteiger partial charge in [-0.25, -0.2) is 0 Å². The topological polar surface area (TPSA) is 34.5 Å². The van der Waals surface area contributed by atoms with E-state index in [4.69, 9.17) is 4.43 Å². The molecule has 0 saturated carbocycles. The average Bonchev–Trinajstić information content (AvgIpc) is 2.38. The lowest BCUT2D eigenvalue weighted by Gasteiger charge is -2.20. The summed E-state index contributed by atoms with van der Waals surface area (Å²) in [4.78, 5) is 8.82. The van der Waals surface area contributed by atoms with Gasteiger partial charge in [-0.05, 0) is 50.3 Å². The van der Waals surface area contributed by atoms with Crippen molar-refractivity contribution in [1.29, 1.82) is 0 Å². The van der Waals surface area contributed by atoms with Crippen molar-refractivity contribution >= 4 is 20.2 Å². The Morgan fingerprint density at radius 1 is 1.10 bits per heavy atom. The number of aromatic nitrogens is 1. The van der Waals surface area contributed by atoms with E-state index in [2.05, 4.69) is 29.6 Å². The summed E-state index contributed by atoms with van der Waals surface area (Å²) in [6.45, 7) is 8.50. The van der Waals surface area contributed by atoms with E-state index in [9.17, 15) is 0 Å². The first-order valence-electron chi connectivity index (χ1n) is 6.69. The fourth-order valence-electron chi connectivity index (χ4n) is 1.67. The van der Waals surface area contributed by atoms with Crippen LogP contribution in [0.3, 0.4) is 0 Å². The average molecular weight is 284 g/mol. The molecule has 104 valence electrons. The number of pyridine rings is 1. The van der Waals surface area contributed by atoms with E-state index in [1.54, 1.807) is 6.21 Å². The standard InChI is InChI=1S/C16H20N2OSi/c1-13-9-10-14(17-11-13)12-18-15-7-5-6-8-16(15)19-20(2,3)4/h5-12H,1-4H3. The van der Waals surface area contributed by atoms with Gasteiger partial charge >= 0.3 is 0 Å². The van der Waals surface area contributed by atoms with E-state index < -0.39 is 8.32 Å². The van der Waals surface area contributed by atoms with E-state index in [1.807, 2.05) is 49.5 Å². The minimum atomic E-state index is -1.63. The van der Waals surface area contributed by atoms with Crippen LogP contribution in [0.1, 0.15) is 11.3 Å². The Morgan fingerprint density at radius 2 is 1.85 bits per heavy atom. The molecule has 0 aliphatic heterocycles. The summed E-state index contributed by atoms with van der Waals surface area (Å²) < 4.78 is 6.05. The number of benzene rings is 1. The molecule has 0 atom stereocenters. The third-order valence-electron chi connectivity index (χ3n) is 2.55. The highest BCUT2D eigenvalue weighted by molar-refractivity contribution is 6.70. The molecule has 2 rings (SSSR count). The molecule has 0 spiro atoms. The van der Waals surface area contributed by atoms with Crippen molar-refractivity contribution in [1.82, 2.24) is 4.98 Å². The zero-order valence-corrected chi connectivity index (χ0v) is 13.4. The molecule has 0 aliphatic rings. The van der Waals surface area contributed by atoms with Crippen molar-refractivity contribution in [3.63, 3.8) is 0 Å². The lowest BCUT2D eigenvalue weighted by atomic mass is 10.3. The molecule has 1 heterocycles. The number of hydrogen-bond donors (Lipinski definition) is 0. The first-order chi connectivity index (χ1) is 9.44. The van der Waals surface area contributed by atoms with Crippen LogP contribution in [0.2, 0.25) is 19.6 Å². The quantitative estimate of drug-likeness (QED) is 0.618. The summed E-state index contributed by atoms with van der Waals surface area (Å²) in [5.74, 6) is 0.843. The molecule has 0 bridgehead atoms. The van der Waals surface area contributed by atoms with Gasteiger partial charge in [0.1, 0.15) is 11.4 Å². The maximum atomic E-state index is 6.05. The molecule has 0 fully saturated rings. The molecule has 0 radical (unpaired) electrons. The Hall–Kier alpha value is -1.94. The van der Waals surface area contributed by atoms with E-state index >= 15 is 0 Å². The molecular weight excluding hydrogens is 264 g/mol. The third kappa shape index (κ3) is 4.31. The normalized spacial score (nSPS) is 11.8. The molecule has 0 aliphatic carbocycles. The van der Waals surface area contributed by atoms with Crippen LogP contribution < -0.4 is 4.43 Å². The number of aliphatic imine (C=N–C) groups is 1. The molecule has 1 aromatic carbocycles. The Bertz CT molecular complexity index is 601. The zero-order valence-electron chi connectivity index (χ0n) is 12.4. The summed E-state index contributed by atoms with van der Waals surface area (Å²) in [5.41, 5.74) is 2.83. The van der Waals surface area contributed by atoms with Gasteiger partial charge in [0.25, 0.3) is 0 Å². The Kier molecular flexibility index (Phi) is 4.34. The van der Waals surface area contributed by atoms with E-state index in [-0.39, 0.29) is 0 Å². The molecule has 0 amide bonds. The number of para-hydroxylation sites is 2. The van der Waals surface area contributed by atoms with Crippen LogP contribution in [0.25, 0.3) is 0 Å². The first kappa shape index (κ1) is 14.5. The fraction of sp³-hybridized carbons (Fsp3) is 0.250. The van der Waals surface area contributed by atoms with Crippen molar-refractivity contribution in [2.24, 2.45) is 4.99 Å². The Morgan fingerprint density at radius 3 is 2.50 bits per heavy atom. The van der Waals surface area contributed by atoms with E-state index in [0.717, 1.165) is 22.7 Å². The smallest absolute Gasteiger partial charge is 0.242 e. The predicted molar refractivity (Wildman–Crippen MR) is 86.6 cm³/mol. The minimum absolute atomic E-state index is 0.843. The van der Waals surface area contributed by atoms with Crippen molar-refractivity contribution in [2.75, 3.05) is 0 Å². The minimum Gasteiger partial charge on any atom is -0.543 e. The maximum absolute atomic E-state index is 6.05. The second-order valence-corrected chi connectivity index (χ2v) is 10.1. The summed E-state index contributed by atoms with van der Waals surface area (Å²) >= 11 is 0. The van der Waals surface area contributed by atoms with Crippen LogP contribution in [-0.4, -0.2) is 19.5 Å². The van der Waals surface area contributed by atoms with Gasteiger partial charge in [-0.2, -0.15) is 0 Å². The highest BCUT2D eigenvalue weighted by Gasteiger charge is 2.17. The van der Waals surface area contributed by atoms with Gasteiger partial charge in [-0.1, -0.05) is 18.2 Å². The zero-order chi connectivity index (χ0) is 14.6. The van der Waals surface area contributed by atoms with Gasteiger partial charge < -0.3 is 4.43 Å². The molecule has 3 nitrogen and oxygen atoms in total.